The van der Waals surface area contributed by atoms with E-state index in [2.05, 4.69) is 5.32 Å². The van der Waals surface area contributed by atoms with E-state index in [9.17, 15) is 20.0 Å². The van der Waals surface area contributed by atoms with Crippen molar-refractivity contribution in [2.24, 2.45) is 5.92 Å². The van der Waals surface area contributed by atoms with Gasteiger partial charge in [-0.05, 0) is 37.8 Å². The van der Waals surface area contributed by atoms with E-state index >= 15 is 0 Å². The average Bonchev–Trinajstić information content (AvgIpc) is 3.22. The number of nitrogens with zero attached hydrogens (tertiary/aromatic N) is 2. The van der Waals surface area contributed by atoms with Gasteiger partial charge in [0.1, 0.15) is 11.2 Å². The van der Waals surface area contributed by atoms with Crippen LogP contribution in [-0.2, 0) is 4.79 Å². The summed E-state index contributed by atoms with van der Waals surface area (Å²) in [4.78, 5) is 21.8. The summed E-state index contributed by atoms with van der Waals surface area (Å²) in [5.74, 6) is -1.12. The van der Waals surface area contributed by atoms with Crippen molar-refractivity contribution in [1.82, 2.24) is 0 Å². The van der Waals surface area contributed by atoms with Crippen molar-refractivity contribution in [3.05, 3.63) is 33.9 Å². The number of nitro benzene ring substituents is 1. The van der Waals surface area contributed by atoms with Crippen LogP contribution in [0.25, 0.3) is 0 Å². The van der Waals surface area contributed by atoms with E-state index in [1.165, 1.54) is 25.1 Å². The number of benzene rings is 1. The molecule has 1 aliphatic carbocycles. The Kier molecular flexibility index (Phi) is 3.32. The molecule has 0 aromatic heterocycles. The first-order chi connectivity index (χ1) is 9.38. The van der Waals surface area contributed by atoms with Crippen molar-refractivity contribution < 1.29 is 14.8 Å². The molecule has 20 heavy (non-hydrogen) atoms. The third-order valence-corrected chi connectivity index (χ3v) is 3.55. The number of hydrogen-bond donors (Lipinski definition) is 2. The molecule has 1 saturated carbocycles. The van der Waals surface area contributed by atoms with Crippen LogP contribution in [0.5, 0.6) is 0 Å². The standard InChI is InChI=1S/C13H13N3O4/c1-13(12(17)18,9-3-4-9)15-10-6-8(7-14)2-5-11(10)16(19)20/h2,5-6,9,15H,3-4H2,1H3,(H,17,18). The summed E-state index contributed by atoms with van der Waals surface area (Å²) < 4.78 is 0. The number of nitrogens with one attached hydrogen (secondary N) is 1. The first-order valence-electron chi connectivity index (χ1n) is 6.08. The lowest BCUT2D eigenvalue weighted by molar-refractivity contribution is -0.384. The van der Waals surface area contributed by atoms with Crippen LogP contribution in [-0.4, -0.2) is 21.5 Å². The van der Waals surface area contributed by atoms with Crippen molar-refractivity contribution in [2.75, 3.05) is 5.32 Å². The molecule has 1 fully saturated rings. The number of carbonyl (C=O) groups is 1. The first-order valence-corrected chi connectivity index (χ1v) is 6.08. The van der Waals surface area contributed by atoms with Crippen LogP contribution in [0.2, 0.25) is 0 Å². The summed E-state index contributed by atoms with van der Waals surface area (Å²) in [6.45, 7) is 1.51. The molecule has 1 aromatic carbocycles. The predicted molar refractivity (Wildman–Crippen MR) is 70.2 cm³/mol. The van der Waals surface area contributed by atoms with E-state index in [1.54, 1.807) is 0 Å². The predicted octanol–water partition coefficient (Wildman–Crippen LogP) is 2.13. The molecule has 1 unspecified atom stereocenters. The second-order valence-corrected chi connectivity index (χ2v) is 5.01. The van der Waals surface area contributed by atoms with E-state index < -0.39 is 16.4 Å². The molecule has 0 aliphatic heterocycles. The van der Waals surface area contributed by atoms with Gasteiger partial charge < -0.3 is 10.4 Å². The van der Waals surface area contributed by atoms with Crippen LogP contribution in [0.3, 0.4) is 0 Å². The van der Waals surface area contributed by atoms with Gasteiger partial charge in [0.05, 0.1) is 16.6 Å². The number of nitro groups is 1. The molecule has 104 valence electrons. The van der Waals surface area contributed by atoms with Gasteiger partial charge >= 0.3 is 5.97 Å². The van der Waals surface area contributed by atoms with Gasteiger partial charge in [0, 0.05) is 6.07 Å². The molecular weight excluding hydrogens is 262 g/mol. The Bertz CT molecular complexity index is 619. The third kappa shape index (κ3) is 2.40. The van der Waals surface area contributed by atoms with Crippen LogP contribution < -0.4 is 5.32 Å². The van der Waals surface area contributed by atoms with Crippen LogP contribution >= 0.6 is 0 Å². The second kappa shape index (κ2) is 4.81. The fourth-order valence-corrected chi connectivity index (χ4v) is 2.14. The zero-order valence-electron chi connectivity index (χ0n) is 10.8. The molecule has 1 atom stereocenters. The van der Waals surface area contributed by atoms with E-state index in [1.807, 2.05) is 6.07 Å². The lowest BCUT2D eigenvalue weighted by Gasteiger charge is -2.27. The molecule has 0 heterocycles. The zero-order chi connectivity index (χ0) is 14.9. The van der Waals surface area contributed by atoms with E-state index in [0.717, 1.165) is 12.8 Å². The average molecular weight is 275 g/mol. The van der Waals surface area contributed by atoms with Gasteiger partial charge in [0.15, 0.2) is 0 Å². The molecule has 0 radical (unpaired) electrons. The fourth-order valence-electron chi connectivity index (χ4n) is 2.14. The monoisotopic (exact) mass is 275 g/mol. The Labute approximate surface area is 115 Å². The van der Waals surface area contributed by atoms with E-state index in [4.69, 9.17) is 5.26 Å². The van der Waals surface area contributed by atoms with Crippen molar-refractivity contribution in [3.8, 4) is 6.07 Å². The molecule has 1 aliphatic rings. The highest BCUT2D eigenvalue weighted by Gasteiger charge is 2.48. The number of rotatable bonds is 5. The summed E-state index contributed by atoms with van der Waals surface area (Å²) in [7, 11) is 0. The maximum atomic E-state index is 11.4. The zero-order valence-corrected chi connectivity index (χ0v) is 10.8. The number of hydrogen-bond acceptors (Lipinski definition) is 5. The highest BCUT2D eigenvalue weighted by molar-refractivity contribution is 5.84. The number of carboxylic acid groups (broad SMARTS) is 1. The Morgan fingerprint density at radius 1 is 1.60 bits per heavy atom. The number of anilines is 1. The largest absolute Gasteiger partial charge is 0.480 e. The van der Waals surface area contributed by atoms with Gasteiger partial charge in [-0.3, -0.25) is 10.1 Å². The van der Waals surface area contributed by atoms with Crippen molar-refractivity contribution >= 4 is 17.3 Å². The van der Waals surface area contributed by atoms with Crippen molar-refractivity contribution in [2.45, 2.75) is 25.3 Å². The Balaban J connectivity index is 2.43. The maximum Gasteiger partial charge on any atom is 0.329 e. The fraction of sp³-hybridized carbons (Fsp3) is 0.385. The van der Waals surface area contributed by atoms with Gasteiger partial charge in [-0.15, -0.1) is 0 Å². The van der Waals surface area contributed by atoms with E-state index in [-0.39, 0.29) is 22.9 Å². The molecule has 1 aromatic rings. The van der Waals surface area contributed by atoms with Gasteiger partial charge in [0.25, 0.3) is 5.69 Å². The molecule has 2 rings (SSSR count). The molecule has 0 spiro atoms. The Morgan fingerprint density at radius 3 is 2.70 bits per heavy atom. The summed E-state index contributed by atoms with van der Waals surface area (Å²) in [5.41, 5.74) is -1.21. The van der Waals surface area contributed by atoms with Crippen LogP contribution in [0.4, 0.5) is 11.4 Å². The van der Waals surface area contributed by atoms with Gasteiger partial charge in [-0.25, -0.2) is 4.79 Å². The molecule has 0 saturated heterocycles. The van der Waals surface area contributed by atoms with Gasteiger partial charge in [-0.2, -0.15) is 5.26 Å². The van der Waals surface area contributed by atoms with Crippen LogP contribution in [0.15, 0.2) is 18.2 Å². The van der Waals surface area contributed by atoms with E-state index in [0.29, 0.717) is 0 Å². The minimum Gasteiger partial charge on any atom is -0.480 e. The summed E-state index contributed by atoms with van der Waals surface area (Å²) in [6.07, 6.45) is 1.53. The number of aliphatic carboxylic acids is 1. The summed E-state index contributed by atoms with van der Waals surface area (Å²) in [6, 6.07) is 5.73. The Morgan fingerprint density at radius 2 is 2.25 bits per heavy atom. The smallest absolute Gasteiger partial charge is 0.329 e. The number of carboxylic acids is 1. The van der Waals surface area contributed by atoms with Crippen LogP contribution in [0.1, 0.15) is 25.3 Å². The molecule has 0 amide bonds. The first kappa shape index (κ1) is 13.8. The highest BCUT2D eigenvalue weighted by Crippen LogP contribution is 2.42. The Hall–Kier alpha value is -2.62. The normalized spacial score (nSPS) is 16.8. The van der Waals surface area contributed by atoms with Crippen LogP contribution in [0, 0.1) is 27.4 Å². The van der Waals surface area contributed by atoms with Crippen molar-refractivity contribution in [3.63, 3.8) is 0 Å². The maximum absolute atomic E-state index is 11.4. The van der Waals surface area contributed by atoms with Crippen molar-refractivity contribution in [1.29, 1.82) is 5.26 Å². The minimum absolute atomic E-state index is 0.0610. The highest BCUT2D eigenvalue weighted by atomic mass is 16.6. The van der Waals surface area contributed by atoms with Gasteiger partial charge in [0.2, 0.25) is 0 Å². The summed E-state index contributed by atoms with van der Waals surface area (Å²) >= 11 is 0. The molecule has 0 bridgehead atoms. The third-order valence-electron chi connectivity index (χ3n) is 3.55. The lowest BCUT2D eigenvalue weighted by atomic mass is 9.95. The number of nitriles is 1. The molecule has 7 heteroatoms. The minimum atomic E-state index is -1.27. The molecule has 2 N–H and O–H groups in total. The topological polar surface area (TPSA) is 116 Å². The SMILES string of the molecule is CC(Nc1cc(C#N)ccc1[N+](=O)[O-])(C(=O)O)C1CC1. The lowest BCUT2D eigenvalue weighted by Crippen LogP contribution is -2.45. The second-order valence-electron chi connectivity index (χ2n) is 5.01. The van der Waals surface area contributed by atoms with Gasteiger partial charge in [-0.1, -0.05) is 0 Å². The molecule has 7 nitrogen and oxygen atoms in total. The quantitative estimate of drug-likeness (QED) is 0.628. The molecular formula is C13H13N3O4. The summed E-state index contributed by atoms with van der Waals surface area (Å²) in [5, 5.41) is 32.0.